The lowest BCUT2D eigenvalue weighted by molar-refractivity contribution is 0.0679. The Balaban J connectivity index is 1.57. The Kier molecular flexibility index (Phi) is 6.76. The number of hydrogen-bond donors (Lipinski definition) is 1. The van der Waals surface area contributed by atoms with Crippen molar-refractivity contribution in [3.05, 3.63) is 53.6 Å². The standard InChI is InChI=1S/C22H27NO5/c1-15(17-8-11-20(25-2)21(13-17)26-3)23-22(24)16-6-9-18(10-7-16)28-14-19-5-4-12-27-19/h6-11,13,15,19H,4-5,12,14H2,1-3H3,(H,23,24). The highest BCUT2D eigenvalue weighted by atomic mass is 16.5. The second kappa shape index (κ2) is 9.46. The highest BCUT2D eigenvalue weighted by Crippen LogP contribution is 2.30. The molecule has 0 radical (unpaired) electrons. The smallest absolute Gasteiger partial charge is 0.251 e. The van der Waals surface area contributed by atoms with Gasteiger partial charge in [0.25, 0.3) is 5.91 Å². The maximum atomic E-state index is 12.6. The minimum absolute atomic E-state index is 0.145. The van der Waals surface area contributed by atoms with E-state index in [2.05, 4.69) is 5.32 Å². The summed E-state index contributed by atoms with van der Waals surface area (Å²) in [5.74, 6) is 1.88. The average Bonchev–Trinajstić information content (AvgIpc) is 3.25. The Hall–Kier alpha value is -2.73. The van der Waals surface area contributed by atoms with Crippen molar-refractivity contribution in [1.82, 2.24) is 5.32 Å². The third-order valence-electron chi connectivity index (χ3n) is 4.83. The maximum absolute atomic E-state index is 12.6. The molecule has 6 nitrogen and oxygen atoms in total. The third kappa shape index (κ3) is 4.95. The molecule has 2 aromatic rings. The first-order valence-electron chi connectivity index (χ1n) is 9.48. The van der Waals surface area contributed by atoms with Crippen LogP contribution in [0.4, 0.5) is 0 Å². The number of benzene rings is 2. The van der Waals surface area contributed by atoms with E-state index in [9.17, 15) is 4.79 Å². The average molecular weight is 385 g/mol. The summed E-state index contributed by atoms with van der Waals surface area (Å²) in [6.07, 6.45) is 2.30. The number of ether oxygens (including phenoxy) is 4. The highest BCUT2D eigenvalue weighted by molar-refractivity contribution is 5.94. The molecule has 1 saturated heterocycles. The van der Waals surface area contributed by atoms with E-state index in [4.69, 9.17) is 18.9 Å². The summed E-state index contributed by atoms with van der Waals surface area (Å²) >= 11 is 0. The summed E-state index contributed by atoms with van der Waals surface area (Å²) in [4.78, 5) is 12.6. The molecule has 0 aromatic heterocycles. The van der Waals surface area contributed by atoms with Crippen LogP contribution in [0.5, 0.6) is 17.2 Å². The van der Waals surface area contributed by atoms with Crippen LogP contribution in [0.2, 0.25) is 0 Å². The fourth-order valence-electron chi connectivity index (χ4n) is 3.15. The predicted octanol–water partition coefficient (Wildman–Crippen LogP) is 3.75. The summed E-state index contributed by atoms with van der Waals surface area (Å²) in [5.41, 5.74) is 1.51. The second-order valence-corrected chi connectivity index (χ2v) is 6.78. The molecule has 150 valence electrons. The SMILES string of the molecule is COc1ccc(C(C)NC(=O)c2ccc(OCC3CCCO3)cc2)cc1OC. The number of nitrogens with one attached hydrogen (secondary N) is 1. The largest absolute Gasteiger partial charge is 0.493 e. The van der Waals surface area contributed by atoms with Crippen LogP contribution >= 0.6 is 0 Å². The van der Waals surface area contributed by atoms with Crippen molar-refractivity contribution in [2.24, 2.45) is 0 Å². The van der Waals surface area contributed by atoms with E-state index in [-0.39, 0.29) is 18.1 Å². The molecule has 0 bridgehead atoms. The molecule has 1 amide bonds. The molecule has 2 aromatic carbocycles. The van der Waals surface area contributed by atoms with Crippen LogP contribution in [0.3, 0.4) is 0 Å². The van der Waals surface area contributed by atoms with Gasteiger partial charge in [-0.3, -0.25) is 4.79 Å². The van der Waals surface area contributed by atoms with Crippen molar-refractivity contribution in [1.29, 1.82) is 0 Å². The lowest BCUT2D eigenvalue weighted by atomic mass is 10.1. The van der Waals surface area contributed by atoms with E-state index < -0.39 is 0 Å². The molecule has 0 aliphatic carbocycles. The number of methoxy groups -OCH3 is 2. The van der Waals surface area contributed by atoms with Gasteiger partial charge in [0.1, 0.15) is 12.4 Å². The number of carbonyl (C=O) groups is 1. The molecule has 1 aliphatic rings. The summed E-state index contributed by atoms with van der Waals surface area (Å²) in [7, 11) is 3.18. The van der Waals surface area contributed by atoms with Crippen LogP contribution < -0.4 is 19.5 Å². The number of carbonyl (C=O) groups excluding carboxylic acids is 1. The van der Waals surface area contributed by atoms with Crippen molar-refractivity contribution >= 4 is 5.91 Å². The first-order valence-corrected chi connectivity index (χ1v) is 9.48. The van der Waals surface area contributed by atoms with Crippen LogP contribution in [0.25, 0.3) is 0 Å². The van der Waals surface area contributed by atoms with Gasteiger partial charge >= 0.3 is 0 Å². The summed E-state index contributed by atoms with van der Waals surface area (Å²) < 4.78 is 21.9. The van der Waals surface area contributed by atoms with E-state index in [1.54, 1.807) is 26.4 Å². The lowest BCUT2D eigenvalue weighted by Crippen LogP contribution is -2.26. The number of hydrogen-bond acceptors (Lipinski definition) is 5. The van der Waals surface area contributed by atoms with Gasteiger partial charge in [0.2, 0.25) is 0 Å². The van der Waals surface area contributed by atoms with Gasteiger partial charge in [-0.05, 0) is 61.7 Å². The molecule has 28 heavy (non-hydrogen) atoms. The van der Waals surface area contributed by atoms with Gasteiger partial charge < -0.3 is 24.3 Å². The van der Waals surface area contributed by atoms with Crippen molar-refractivity contribution in [3.63, 3.8) is 0 Å². The Morgan fingerprint density at radius 3 is 2.54 bits per heavy atom. The van der Waals surface area contributed by atoms with Gasteiger partial charge in [0.15, 0.2) is 11.5 Å². The summed E-state index contributed by atoms with van der Waals surface area (Å²) in [5, 5.41) is 3.00. The van der Waals surface area contributed by atoms with Gasteiger partial charge in [-0.25, -0.2) is 0 Å². The van der Waals surface area contributed by atoms with Crippen molar-refractivity contribution in [2.75, 3.05) is 27.4 Å². The first kappa shape index (κ1) is 20.0. The molecule has 1 heterocycles. The van der Waals surface area contributed by atoms with Gasteiger partial charge in [0, 0.05) is 12.2 Å². The molecule has 1 N–H and O–H groups in total. The third-order valence-corrected chi connectivity index (χ3v) is 4.83. The molecule has 2 unspecified atom stereocenters. The van der Waals surface area contributed by atoms with E-state index in [1.807, 2.05) is 37.3 Å². The Morgan fingerprint density at radius 1 is 1.14 bits per heavy atom. The maximum Gasteiger partial charge on any atom is 0.251 e. The van der Waals surface area contributed by atoms with E-state index in [0.29, 0.717) is 23.7 Å². The quantitative estimate of drug-likeness (QED) is 0.750. The zero-order chi connectivity index (χ0) is 19.9. The van der Waals surface area contributed by atoms with Gasteiger partial charge in [-0.1, -0.05) is 6.07 Å². The zero-order valence-corrected chi connectivity index (χ0v) is 16.6. The molecular formula is C22H27NO5. The van der Waals surface area contributed by atoms with Crippen molar-refractivity contribution in [3.8, 4) is 17.2 Å². The van der Waals surface area contributed by atoms with Crippen molar-refractivity contribution < 1.29 is 23.7 Å². The molecule has 2 atom stereocenters. The Morgan fingerprint density at radius 2 is 1.89 bits per heavy atom. The van der Waals surface area contributed by atoms with Crippen LogP contribution in [0, 0.1) is 0 Å². The van der Waals surface area contributed by atoms with Crippen molar-refractivity contribution in [2.45, 2.75) is 31.9 Å². The minimum Gasteiger partial charge on any atom is -0.493 e. The van der Waals surface area contributed by atoms with E-state index >= 15 is 0 Å². The predicted molar refractivity (Wildman–Crippen MR) is 106 cm³/mol. The molecule has 3 rings (SSSR count). The highest BCUT2D eigenvalue weighted by Gasteiger charge is 2.17. The zero-order valence-electron chi connectivity index (χ0n) is 16.6. The normalized spacial score (nSPS) is 17.0. The van der Waals surface area contributed by atoms with Crippen LogP contribution in [-0.4, -0.2) is 39.4 Å². The Bertz CT molecular complexity index is 784. The van der Waals surface area contributed by atoms with Crippen LogP contribution in [-0.2, 0) is 4.74 Å². The Labute approximate surface area is 165 Å². The lowest BCUT2D eigenvalue weighted by Gasteiger charge is -2.17. The fourth-order valence-corrected chi connectivity index (χ4v) is 3.15. The molecular weight excluding hydrogens is 358 g/mol. The molecule has 1 aliphatic heterocycles. The van der Waals surface area contributed by atoms with Crippen LogP contribution in [0.15, 0.2) is 42.5 Å². The fraction of sp³-hybridized carbons (Fsp3) is 0.409. The number of rotatable bonds is 8. The monoisotopic (exact) mass is 385 g/mol. The number of amides is 1. The second-order valence-electron chi connectivity index (χ2n) is 6.78. The molecule has 0 spiro atoms. The topological polar surface area (TPSA) is 66.0 Å². The van der Waals surface area contributed by atoms with Crippen LogP contribution in [0.1, 0.15) is 41.7 Å². The van der Waals surface area contributed by atoms with E-state index in [1.165, 1.54) is 0 Å². The van der Waals surface area contributed by atoms with Gasteiger partial charge in [-0.2, -0.15) is 0 Å². The van der Waals surface area contributed by atoms with E-state index in [0.717, 1.165) is 30.8 Å². The summed E-state index contributed by atoms with van der Waals surface area (Å²) in [6.45, 7) is 3.28. The first-order chi connectivity index (χ1) is 13.6. The summed E-state index contributed by atoms with van der Waals surface area (Å²) in [6, 6.07) is 12.6. The van der Waals surface area contributed by atoms with Gasteiger partial charge in [0.05, 0.1) is 26.4 Å². The molecule has 0 saturated carbocycles. The molecule has 6 heteroatoms. The van der Waals surface area contributed by atoms with Gasteiger partial charge in [-0.15, -0.1) is 0 Å². The minimum atomic E-state index is -0.178. The molecule has 1 fully saturated rings.